The summed E-state index contributed by atoms with van der Waals surface area (Å²) in [5, 5.41) is 11.5. The molecule has 98 valence electrons. The molecule has 0 saturated carbocycles. The van der Waals surface area contributed by atoms with E-state index in [1.807, 2.05) is 24.3 Å². The maximum atomic E-state index is 6.11. The van der Waals surface area contributed by atoms with Crippen LogP contribution in [0, 0.1) is 0 Å². The van der Waals surface area contributed by atoms with Crippen LogP contribution in [0.2, 0.25) is 5.22 Å². The minimum Gasteiger partial charge on any atom is -0.444 e. The first kappa shape index (κ1) is 12.2. The second kappa shape index (κ2) is 5.42. The first-order valence-electron chi connectivity index (χ1n) is 6.05. The Morgan fingerprint density at radius 1 is 1.32 bits per heavy atom. The summed E-state index contributed by atoms with van der Waals surface area (Å²) in [6, 6.07) is 7.84. The minimum absolute atomic E-state index is 0.452. The first-order chi connectivity index (χ1) is 9.34. The van der Waals surface area contributed by atoms with Crippen LogP contribution < -0.4 is 5.32 Å². The van der Waals surface area contributed by atoms with Crippen LogP contribution in [-0.4, -0.2) is 21.7 Å². The molecule has 0 atom stereocenters. The van der Waals surface area contributed by atoms with E-state index in [0.717, 1.165) is 35.3 Å². The van der Waals surface area contributed by atoms with Crippen LogP contribution in [0.5, 0.6) is 0 Å². The Morgan fingerprint density at radius 2 is 2.21 bits per heavy atom. The van der Waals surface area contributed by atoms with Gasteiger partial charge in [-0.05, 0) is 17.7 Å². The van der Waals surface area contributed by atoms with E-state index in [0.29, 0.717) is 11.8 Å². The summed E-state index contributed by atoms with van der Waals surface area (Å²) in [5.74, 6) is 0.871. The van der Waals surface area contributed by atoms with Gasteiger partial charge in [0.05, 0.1) is 0 Å². The van der Waals surface area contributed by atoms with Gasteiger partial charge in [-0.15, -0.1) is 0 Å². The Bertz CT molecular complexity index is 662. The number of furan rings is 1. The monoisotopic (exact) mass is 276 g/mol. The SMILES string of the molecule is Clc1oc2ccccc2c1CNCCc1ncn[nH]1. The highest BCUT2D eigenvalue weighted by atomic mass is 35.5. The molecule has 0 aliphatic heterocycles. The largest absolute Gasteiger partial charge is 0.444 e. The third-order valence-corrected chi connectivity index (χ3v) is 3.26. The number of hydrogen-bond acceptors (Lipinski definition) is 4. The second-order valence-electron chi connectivity index (χ2n) is 4.21. The number of halogens is 1. The highest BCUT2D eigenvalue weighted by Crippen LogP contribution is 2.29. The van der Waals surface area contributed by atoms with Gasteiger partial charge < -0.3 is 9.73 Å². The van der Waals surface area contributed by atoms with Gasteiger partial charge in [-0.25, -0.2) is 4.98 Å². The van der Waals surface area contributed by atoms with E-state index < -0.39 is 0 Å². The predicted octanol–water partition coefficient (Wildman–Crippen LogP) is 2.54. The molecule has 2 heterocycles. The number of nitrogens with one attached hydrogen (secondary N) is 2. The molecular weight excluding hydrogens is 264 g/mol. The number of aromatic nitrogens is 3. The third-order valence-electron chi connectivity index (χ3n) is 2.95. The lowest BCUT2D eigenvalue weighted by atomic mass is 10.2. The molecule has 6 heteroatoms. The predicted molar refractivity (Wildman–Crippen MR) is 73.0 cm³/mol. The van der Waals surface area contributed by atoms with E-state index in [9.17, 15) is 0 Å². The Balaban J connectivity index is 1.63. The summed E-state index contributed by atoms with van der Waals surface area (Å²) in [4.78, 5) is 4.07. The average Bonchev–Trinajstić information content (AvgIpc) is 3.02. The molecule has 1 aromatic carbocycles. The lowest BCUT2D eigenvalue weighted by Crippen LogP contribution is -2.17. The molecule has 0 unspecified atom stereocenters. The van der Waals surface area contributed by atoms with Crippen molar-refractivity contribution in [3.8, 4) is 0 Å². The lowest BCUT2D eigenvalue weighted by Gasteiger charge is -2.02. The molecule has 0 fully saturated rings. The van der Waals surface area contributed by atoms with Gasteiger partial charge in [0.2, 0.25) is 0 Å². The van der Waals surface area contributed by atoms with Gasteiger partial charge in [0.15, 0.2) is 5.22 Å². The Labute approximate surface area is 115 Å². The third kappa shape index (κ3) is 2.62. The Kier molecular flexibility index (Phi) is 3.48. The molecule has 0 aliphatic rings. The van der Waals surface area contributed by atoms with Crippen molar-refractivity contribution in [3.05, 3.63) is 47.2 Å². The van der Waals surface area contributed by atoms with Crippen LogP contribution in [0.25, 0.3) is 11.0 Å². The van der Waals surface area contributed by atoms with Crippen LogP contribution in [0.3, 0.4) is 0 Å². The van der Waals surface area contributed by atoms with E-state index >= 15 is 0 Å². The second-order valence-corrected chi connectivity index (χ2v) is 4.55. The maximum absolute atomic E-state index is 6.11. The van der Waals surface area contributed by atoms with Crippen LogP contribution in [0.4, 0.5) is 0 Å². The molecule has 19 heavy (non-hydrogen) atoms. The van der Waals surface area contributed by atoms with Crippen molar-refractivity contribution in [2.45, 2.75) is 13.0 Å². The fourth-order valence-electron chi connectivity index (χ4n) is 2.01. The first-order valence-corrected chi connectivity index (χ1v) is 6.43. The van der Waals surface area contributed by atoms with Crippen molar-refractivity contribution in [2.24, 2.45) is 0 Å². The van der Waals surface area contributed by atoms with Crippen LogP contribution in [-0.2, 0) is 13.0 Å². The van der Waals surface area contributed by atoms with Crippen LogP contribution >= 0.6 is 11.6 Å². The van der Waals surface area contributed by atoms with E-state index in [-0.39, 0.29) is 0 Å². The van der Waals surface area contributed by atoms with E-state index in [4.69, 9.17) is 16.0 Å². The van der Waals surface area contributed by atoms with Gasteiger partial charge in [0, 0.05) is 30.5 Å². The molecule has 2 aromatic heterocycles. The molecule has 0 bridgehead atoms. The van der Waals surface area contributed by atoms with E-state index in [1.165, 1.54) is 6.33 Å². The summed E-state index contributed by atoms with van der Waals surface area (Å²) in [6.45, 7) is 1.47. The minimum atomic E-state index is 0.452. The van der Waals surface area contributed by atoms with Gasteiger partial charge >= 0.3 is 0 Å². The van der Waals surface area contributed by atoms with Crippen molar-refractivity contribution in [1.82, 2.24) is 20.5 Å². The van der Waals surface area contributed by atoms with Crippen molar-refractivity contribution >= 4 is 22.6 Å². The molecular formula is C13H13ClN4O. The summed E-state index contributed by atoms with van der Waals surface area (Å²) < 4.78 is 5.50. The molecule has 0 amide bonds. The highest BCUT2D eigenvalue weighted by Gasteiger charge is 2.11. The summed E-state index contributed by atoms with van der Waals surface area (Å²) >= 11 is 6.11. The number of rotatable bonds is 5. The Hall–Kier alpha value is -1.85. The van der Waals surface area contributed by atoms with Gasteiger partial charge in [-0.3, -0.25) is 5.10 Å². The zero-order chi connectivity index (χ0) is 13.1. The molecule has 3 aromatic rings. The van der Waals surface area contributed by atoms with Crippen LogP contribution in [0.15, 0.2) is 35.0 Å². The normalized spacial score (nSPS) is 11.2. The lowest BCUT2D eigenvalue weighted by molar-refractivity contribution is 0.603. The number of hydrogen-bond donors (Lipinski definition) is 2. The van der Waals surface area contributed by atoms with Gasteiger partial charge in [0.1, 0.15) is 17.7 Å². The number of fused-ring (bicyclic) bond motifs is 1. The molecule has 0 radical (unpaired) electrons. The fraction of sp³-hybridized carbons (Fsp3) is 0.231. The summed E-state index contributed by atoms with van der Waals surface area (Å²) in [5.41, 5.74) is 1.81. The quantitative estimate of drug-likeness (QED) is 0.703. The number of para-hydroxylation sites is 1. The average molecular weight is 277 g/mol. The molecule has 2 N–H and O–H groups in total. The van der Waals surface area contributed by atoms with Gasteiger partial charge in [-0.2, -0.15) is 5.10 Å². The zero-order valence-corrected chi connectivity index (χ0v) is 10.9. The summed E-state index contributed by atoms with van der Waals surface area (Å²) in [7, 11) is 0. The maximum Gasteiger partial charge on any atom is 0.199 e. The molecule has 3 rings (SSSR count). The van der Waals surface area contributed by atoms with Gasteiger partial charge in [0.25, 0.3) is 0 Å². The highest BCUT2D eigenvalue weighted by molar-refractivity contribution is 6.30. The molecule has 5 nitrogen and oxygen atoms in total. The van der Waals surface area contributed by atoms with Crippen molar-refractivity contribution < 1.29 is 4.42 Å². The zero-order valence-electron chi connectivity index (χ0n) is 10.2. The summed E-state index contributed by atoms with van der Waals surface area (Å²) in [6.07, 6.45) is 2.31. The standard InChI is InChI=1S/C13H13ClN4O/c14-13-10(9-3-1-2-4-11(9)19-13)7-15-6-5-12-16-8-17-18-12/h1-4,8,15H,5-7H2,(H,16,17,18). The van der Waals surface area contributed by atoms with E-state index in [2.05, 4.69) is 20.5 Å². The van der Waals surface area contributed by atoms with Gasteiger partial charge in [-0.1, -0.05) is 18.2 Å². The van der Waals surface area contributed by atoms with Crippen LogP contribution in [0.1, 0.15) is 11.4 Å². The fourth-order valence-corrected chi connectivity index (χ4v) is 2.26. The smallest absolute Gasteiger partial charge is 0.199 e. The van der Waals surface area contributed by atoms with Crippen molar-refractivity contribution in [2.75, 3.05) is 6.54 Å². The Morgan fingerprint density at radius 3 is 3.05 bits per heavy atom. The topological polar surface area (TPSA) is 66.7 Å². The molecule has 0 spiro atoms. The number of H-pyrrole nitrogens is 1. The van der Waals surface area contributed by atoms with Crippen molar-refractivity contribution in [3.63, 3.8) is 0 Å². The molecule has 0 aliphatic carbocycles. The van der Waals surface area contributed by atoms with E-state index in [1.54, 1.807) is 0 Å². The number of aromatic amines is 1. The number of benzene rings is 1. The molecule has 0 saturated heterocycles. The van der Waals surface area contributed by atoms with Crippen molar-refractivity contribution in [1.29, 1.82) is 0 Å². The number of nitrogens with zero attached hydrogens (tertiary/aromatic N) is 2.